The fraction of sp³-hybridized carbons (Fsp3) is 0.250. The summed E-state index contributed by atoms with van der Waals surface area (Å²) in [6.07, 6.45) is 2.06. The quantitative estimate of drug-likeness (QED) is 0.695. The van der Waals surface area contributed by atoms with Crippen molar-refractivity contribution in [3.8, 4) is 5.75 Å². The van der Waals surface area contributed by atoms with Crippen LogP contribution in [0.25, 0.3) is 11.6 Å². The Morgan fingerprint density at radius 2 is 1.88 bits per heavy atom. The van der Waals surface area contributed by atoms with Gasteiger partial charge >= 0.3 is 0 Å². The Bertz CT molecular complexity index is 740. The van der Waals surface area contributed by atoms with Crippen LogP contribution in [0.2, 0.25) is 0 Å². The van der Waals surface area contributed by atoms with E-state index < -0.39 is 6.10 Å². The highest BCUT2D eigenvalue weighted by Crippen LogP contribution is 2.27. The summed E-state index contributed by atoms with van der Waals surface area (Å²) in [7, 11) is 1.62. The second kappa shape index (κ2) is 7.32. The molecule has 24 heavy (non-hydrogen) atoms. The number of amides is 1. The van der Waals surface area contributed by atoms with E-state index in [1.165, 1.54) is 0 Å². The van der Waals surface area contributed by atoms with E-state index in [1.807, 2.05) is 60.7 Å². The first-order valence-electron chi connectivity index (χ1n) is 8.06. The number of nitrogens with zero attached hydrogens (tertiary/aromatic N) is 1. The number of β-amino-alcohol motifs (C(OH)–C–C–N with tert-alkyl or cyclic N) is 1. The second-order valence-electron chi connectivity index (χ2n) is 5.86. The smallest absolute Gasteiger partial charge is 0.254 e. The molecule has 1 aliphatic heterocycles. The van der Waals surface area contributed by atoms with Gasteiger partial charge in [-0.2, -0.15) is 0 Å². The molecule has 3 rings (SSSR count). The van der Waals surface area contributed by atoms with E-state index in [9.17, 15) is 9.90 Å². The molecule has 0 bridgehead atoms. The van der Waals surface area contributed by atoms with Crippen LogP contribution >= 0.6 is 0 Å². The molecular weight excluding hydrogens is 302 g/mol. The Labute approximate surface area is 142 Å². The summed E-state index contributed by atoms with van der Waals surface area (Å²) in [4.78, 5) is 14.7. The van der Waals surface area contributed by atoms with E-state index >= 15 is 0 Å². The maximum atomic E-state index is 13.0. The van der Waals surface area contributed by atoms with Crippen LogP contribution in [-0.4, -0.2) is 42.2 Å². The minimum Gasteiger partial charge on any atom is -0.496 e. The lowest BCUT2D eigenvalue weighted by molar-refractivity contribution is -0.124. The van der Waals surface area contributed by atoms with Gasteiger partial charge in [-0.3, -0.25) is 4.79 Å². The Balaban J connectivity index is 2.02. The van der Waals surface area contributed by atoms with Crippen LogP contribution in [0.3, 0.4) is 0 Å². The van der Waals surface area contributed by atoms with Gasteiger partial charge in [0, 0.05) is 24.2 Å². The average Bonchev–Trinajstić information content (AvgIpc) is 3.06. The number of ether oxygens (including phenoxy) is 1. The molecule has 124 valence electrons. The van der Waals surface area contributed by atoms with Crippen LogP contribution < -0.4 is 4.74 Å². The normalized spacial score (nSPS) is 17.8. The molecule has 4 heteroatoms. The SMILES string of the molecule is COc1ccccc1/C=C(/C(=O)N1CC[C@@H](O)C1)c1ccccc1. The molecule has 1 atom stereocenters. The first kappa shape index (κ1) is 16.3. The van der Waals surface area contributed by atoms with Crippen LogP contribution in [0.5, 0.6) is 5.75 Å². The molecule has 0 aliphatic carbocycles. The summed E-state index contributed by atoms with van der Waals surface area (Å²) in [5.41, 5.74) is 2.32. The number of hydrogen-bond acceptors (Lipinski definition) is 3. The number of benzene rings is 2. The predicted molar refractivity (Wildman–Crippen MR) is 94.5 cm³/mol. The average molecular weight is 323 g/mol. The Kier molecular flexibility index (Phi) is 4.96. The summed E-state index contributed by atoms with van der Waals surface area (Å²) < 4.78 is 5.39. The van der Waals surface area contributed by atoms with Crippen LogP contribution in [0, 0.1) is 0 Å². The largest absolute Gasteiger partial charge is 0.496 e. The summed E-state index contributed by atoms with van der Waals surface area (Å²) in [5, 5.41) is 9.74. The number of para-hydroxylation sites is 1. The van der Waals surface area contributed by atoms with E-state index in [0.717, 1.165) is 16.9 Å². The Morgan fingerprint density at radius 1 is 1.17 bits per heavy atom. The van der Waals surface area contributed by atoms with Gasteiger partial charge in [-0.25, -0.2) is 0 Å². The minimum atomic E-state index is -0.433. The Morgan fingerprint density at radius 3 is 2.54 bits per heavy atom. The number of carbonyl (C=O) groups is 1. The predicted octanol–water partition coefficient (Wildman–Crippen LogP) is 2.83. The molecule has 1 heterocycles. The number of carbonyl (C=O) groups excluding carboxylic acids is 1. The monoisotopic (exact) mass is 323 g/mol. The molecular formula is C20H21NO3. The third kappa shape index (κ3) is 3.49. The van der Waals surface area contributed by atoms with Gasteiger partial charge in [0.05, 0.1) is 13.2 Å². The van der Waals surface area contributed by atoms with Crippen molar-refractivity contribution >= 4 is 17.6 Å². The van der Waals surface area contributed by atoms with Crippen molar-refractivity contribution in [2.24, 2.45) is 0 Å². The highest BCUT2D eigenvalue weighted by atomic mass is 16.5. The van der Waals surface area contributed by atoms with Crippen molar-refractivity contribution in [2.75, 3.05) is 20.2 Å². The number of rotatable bonds is 4. The third-order valence-electron chi connectivity index (χ3n) is 4.20. The van der Waals surface area contributed by atoms with Crippen LogP contribution in [0.4, 0.5) is 0 Å². The van der Waals surface area contributed by atoms with Crippen LogP contribution in [-0.2, 0) is 4.79 Å². The summed E-state index contributed by atoms with van der Waals surface area (Å²) in [6.45, 7) is 0.963. The number of aliphatic hydroxyl groups excluding tert-OH is 1. The van der Waals surface area contributed by atoms with Crippen molar-refractivity contribution < 1.29 is 14.6 Å². The van der Waals surface area contributed by atoms with E-state index in [4.69, 9.17) is 4.74 Å². The molecule has 0 saturated carbocycles. The van der Waals surface area contributed by atoms with Gasteiger partial charge in [0.15, 0.2) is 0 Å². The van der Waals surface area contributed by atoms with Crippen molar-refractivity contribution in [3.05, 3.63) is 65.7 Å². The minimum absolute atomic E-state index is 0.0661. The maximum Gasteiger partial charge on any atom is 0.254 e. The molecule has 1 saturated heterocycles. The number of aliphatic hydroxyl groups is 1. The molecule has 0 unspecified atom stereocenters. The van der Waals surface area contributed by atoms with Crippen LogP contribution in [0.1, 0.15) is 17.5 Å². The van der Waals surface area contributed by atoms with Gasteiger partial charge in [-0.05, 0) is 24.1 Å². The molecule has 1 N–H and O–H groups in total. The molecule has 2 aromatic carbocycles. The first-order valence-corrected chi connectivity index (χ1v) is 8.06. The molecule has 2 aromatic rings. The highest BCUT2D eigenvalue weighted by Gasteiger charge is 2.27. The highest BCUT2D eigenvalue weighted by molar-refractivity contribution is 6.24. The molecule has 1 aliphatic rings. The van der Waals surface area contributed by atoms with Crippen molar-refractivity contribution in [1.82, 2.24) is 4.90 Å². The van der Waals surface area contributed by atoms with Gasteiger partial charge in [0.25, 0.3) is 5.91 Å². The van der Waals surface area contributed by atoms with E-state index in [1.54, 1.807) is 12.0 Å². The lowest BCUT2D eigenvalue weighted by Gasteiger charge is -2.18. The fourth-order valence-electron chi connectivity index (χ4n) is 2.92. The van der Waals surface area contributed by atoms with E-state index in [-0.39, 0.29) is 5.91 Å². The van der Waals surface area contributed by atoms with Gasteiger partial charge in [0.2, 0.25) is 0 Å². The molecule has 0 radical (unpaired) electrons. The zero-order chi connectivity index (χ0) is 16.9. The molecule has 0 spiro atoms. The number of likely N-dealkylation sites (tertiary alicyclic amines) is 1. The van der Waals surface area contributed by atoms with Crippen LogP contribution in [0.15, 0.2) is 54.6 Å². The molecule has 0 aromatic heterocycles. The van der Waals surface area contributed by atoms with Gasteiger partial charge in [-0.15, -0.1) is 0 Å². The van der Waals surface area contributed by atoms with E-state index in [0.29, 0.717) is 25.1 Å². The summed E-state index contributed by atoms with van der Waals surface area (Å²) in [5.74, 6) is 0.656. The zero-order valence-corrected chi connectivity index (χ0v) is 13.7. The van der Waals surface area contributed by atoms with Crippen molar-refractivity contribution in [1.29, 1.82) is 0 Å². The van der Waals surface area contributed by atoms with E-state index in [2.05, 4.69) is 0 Å². The number of hydrogen-bond donors (Lipinski definition) is 1. The van der Waals surface area contributed by atoms with Gasteiger partial charge < -0.3 is 14.7 Å². The zero-order valence-electron chi connectivity index (χ0n) is 13.7. The molecule has 1 fully saturated rings. The Hall–Kier alpha value is -2.59. The molecule has 1 amide bonds. The van der Waals surface area contributed by atoms with Gasteiger partial charge in [0.1, 0.15) is 5.75 Å². The third-order valence-corrected chi connectivity index (χ3v) is 4.20. The number of methoxy groups -OCH3 is 1. The second-order valence-corrected chi connectivity index (χ2v) is 5.86. The topological polar surface area (TPSA) is 49.8 Å². The molecule has 4 nitrogen and oxygen atoms in total. The maximum absolute atomic E-state index is 13.0. The van der Waals surface area contributed by atoms with Gasteiger partial charge in [-0.1, -0.05) is 48.5 Å². The first-order chi connectivity index (χ1) is 11.7. The summed E-state index contributed by atoms with van der Waals surface area (Å²) in [6, 6.07) is 17.2. The standard InChI is InChI=1S/C20H21NO3/c1-24-19-10-6-5-9-16(19)13-18(15-7-3-2-4-8-15)20(23)21-12-11-17(22)14-21/h2-10,13,17,22H,11-12,14H2,1H3/b18-13+/t17-/m1/s1. The summed E-state index contributed by atoms with van der Waals surface area (Å²) >= 11 is 0. The fourth-order valence-corrected chi connectivity index (χ4v) is 2.92. The van der Waals surface area contributed by atoms with Crippen molar-refractivity contribution in [2.45, 2.75) is 12.5 Å². The lowest BCUT2D eigenvalue weighted by atomic mass is 10.0. The lowest BCUT2D eigenvalue weighted by Crippen LogP contribution is -2.30. The van der Waals surface area contributed by atoms with Crippen molar-refractivity contribution in [3.63, 3.8) is 0 Å².